The van der Waals surface area contributed by atoms with Crippen LogP contribution in [0, 0.1) is 0 Å². The molecule has 12 heteroatoms. The van der Waals surface area contributed by atoms with Gasteiger partial charge in [0, 0.05) is 20.1 Å². The number of carbonyl (C=O) groups excluding carboxylic acids is 3. The summed E-state index contributed by atoms with van der Waals surface area (Å²) >= 11 is 4.87. The van der Waals surface area contributed by atoms with E-state index in [0.717, 1.165) is 8.95 Å². The van der Waals surface area contributed by atoms with Crippen molar-refractivity contribution in [3.8, 4) is 0 Å². The molecule has 4 aromatic rings. The normalized spacial score (nSPS) is 10.7. The Morgan fingerprint density at radius 1 is 0.625 bits per heavy atom. The number of ketones is 1. The van der Waals surface area contributed by atoms with E-state index in [0.29, 0.717) is 16.7 Å². The summed E-state index contributed by atoms with van der Waals surface area (Å²) in [5.74, 6) is -2.49. The van der Waals surface area contributed by atoms with Crippen LogP contribution in [0.2, 0.25) is 0 Å². The average molecular weight is 744 g/mol. The number of cyclic esters (lactones) is 2. The molecule has 5 rings (SSSR count). The van der Waals surface area contributed by atoms with Crippen LogP contribution >= 0.6 is 62.0 Å². The highest BCUT2D eigenvalue weighted by Crippen LogP contribution is 2.19. The zero-order valence-corrected chi connectivity index (χ0v) is 26.9. The van der Waals surface area contributed by atoms with Crippen LogP contribution in [0.15, 0.2) is 112 Å². The van der Waals surface area contributed by atoms with Crippen molar-refractivity contribution in [3.05, 3.63) is 140 Å². The number of carboxylic acid groups (broad SMARTS) is 1. The van der Waals surface area contributed by atoms with E-state index in [9.17, 15) is 19.2 Å². The lowest BCUT2D eigenvalue weighted by atomic mass is 9.98. The van der Waals surface area contributed by atoms with Gasteiger partial charge in [0.05, 0.1) is 16.7 Å². The predicted molar refractivity (Wildman–Crippen MR) is 165 cm³/mol. The van der Waals surface area contributed by atoms with Crippen LogP contribution in [0.5, 0.6) is 0 Å². The smallest absolute Gasteiger partial charge is 0.478 e. The molecule has 0 fully saturated rings. The fourth-order valence-corrected chi connectivity index (χ4v) is 3.64. The molecule has 204 valence electrons. The number of carbonyl (C=O) groups is 4. The van der Waals surface area contributed by atoms with Gasteiger partial charge in [-0.1, -0.05) is 80.4 Å². The van der Waals surface area contributed by atoms with Crippen LogP contribution in [0.3, 0.4) is 0 Å². The van der Waals surface area contributed by atoms with Gasteiger partial charge >= 0.3 is 29.3 Å². The van der Waals surface area contributed by atoms with Crippen LogP contribution in [0.4, 0.5) is 0 Å². The second-order valence-corrected chi connectivity index (χ2v) is 15.7. The van der Waals surface area contributed by atoms with E-state index >= 15 is 0 Å². The first-order valence-electron chi connectivity index (χ1n) is 11.1. The van der Waals surface area contributed by atoms with Crippen molar-refractivity contribution in [3.63, 3.8) is 0 Å². The Labute approximate surface area is 264 Å². The van der Waals surface area contributed by atoms with Gasteiger partial charge in [0.2, 0.25) is 0 Å². The quantitative estimate of drug-likeness (QED) is 0.0979. The van der Waals surface area contributed by atoms with Gasteiger partial charge in [-0.05, 0) is 54.6 Å². The molecular formula is C28H18AlBr2Cl3O6. The maximum absolute atomic E-state index is 12.2. The maximum atomic E-state index is 12.2. The zero-order valence-electron chi connectivity index (χ0n) is 20.3. The Kier molecular flexibility index (Phi) is 14.6. The van der Waals surface area contributed by atoms with Crippen LogP contribution in [0.25, 0.3) is 0 Å². The standard InChI is InChI=1S/C14H9BrO3.C8H4O3.C6H5Br.Al.3ClH/c15-10-7-5-9(6-8-10)13(16)11-3-1-2-4-12(11)14(17)18;9-7-5-3-1-2-4-6(5)8(10)11-7;7-6-4-2-1-3-5-6;;;;/h1-8H,(H,17,18);1-4H;1-5H;;3*1H/q;;;+3;;;/p-3. The number of hydrogen-bond acceptors (Lipinski definition) is 5. The van der Waals surface area contributed by atoms with Crippen molar-refractivity contribution in [2.75, 3.05) is 0 Å². The molecule has 0 aliphatic carbocycles. The molecule has 1 N–H and O–H groups in total. The number of aromatic carboxylic acids is 1. The second kappa shape index (κ2) is 17.4. The van der Waals surface area contributed by atoms with Crippen molar-refractivity contribution in [2.24, 2.45) is 0 Å². The predicted octanol–water partition coefficient (Wildman–Crippen LogP) is 8.51. The first-order valence-corrected chi connectivity index (χ1v) is 17.9. The Hall–Kier alpha value is -2.48. The van der Waals surface area contributed by atoms with Crippen molar-refractivity contribution >= 4 is 97.1 Å². The van der Waals surface area contributed by atoms with E-state index in [1.165, 1.54) is 12.1 Å². The summed E-state index contributed by atoms with van der Waals surface area (Å²) in [6.07, 6.45) is 0. The fourth-order valence-electron chi connectivity index (χ4n) is 3.07. The minimum Gasteiger partial charge on any atom is -0.478 e. The molecule has 1 aliphatic rings. The number of halogens is 5. The lowest BCUT2D eigenvalue weighted by molar-refractivity contribution is 0.0443. The van der Waals surface area contributed by atoms with Crippen LogP contribution in [0.1, 0.15) is 47.0 Å². The summed E-state index contributed by atoms with van der Waals surface area (Å²) in [6, 6.07) is 29.5. The number of fused-ring (bicyclic) bond motifs is 1. The zero-order chi connectivity index (χ0) is 29.7. The Morgan fingerprint density at radius 2 is 1.02 bits per heavy atom. The largest absolute Gasteiger partial charge is 0.643 e. The van der Waals surface area contributed by atoms with Crippen LogP contribution < -0.4 is 0 Å². The van der Waals surface area contributed by atoms with Gasteiger partial charge < -0.3 is 9.84 Å². The molecule has 4 aromatic carbocycles. The topological polar surface area (TPSA) is 97.7 Å². The molecule has 0 unspecified atom stereocenters. The lowest BCUT2D eigenvalue weighted by Gasteiger charge is -2.05. The average Bonchev–Trinajstić information content (AvgIpc) is 3.23. The molecule has 1 heterocycles. The van der Waals surface area contributed by atoms with Crippen molar-refractivity contribution in [1.82, 2.24) is 0 Å². The third-order valence-electron chi connectivity index (χ3n) is 4.79. The van der Waals surface area contributed by atoms with Gasteiger partial charge in [0.1, 0.15) is 0 Å². The highest BCUT2D eigenvalue weighted by atomic mass is 79.9. The molecule has 0 atom stereocenters. The van der Waals surface area contributed by atoms with Gasteiger partial charge in [-0.25, -0.2) is 44.5 Å². The molecule has 0 saturated carbocycles. The van der Waals surface area contributed by atoms with Crippen LogP contribution in [-0.2, 0) is 4.74 Å². The van der Waals surface area contributed by atoms with E-state index in [2.05, 4.69) is 36.6 Å². The molecule has 0 spiro atoms. The SMILES string of the molecule is Brc1ccccc1.O=C(O)c1ccccc1C(=O)c1ccc(Br)cc1.O=C1OC(=O)c2ccccc21.[Cl][Al]([Cl])[Cl]. The Bertz CT molecular complexity index is 1430. The van der Waals surface area contributed by atoms with Crippen molar-refractivity contribution < 1.29 is 29.0 Å². The first-order chi connectivity index (χ1) is 19.0. The van der Waals surface area contributed by atoms with E-state index in [-0.39, 0.29) is 16.9 Å². The minimum absolute atomic E-state index is 0.0189. The Balaban J connectivity index is 0.000000215. The van der Waals surface area contributed by atoms with Gasteiger partial charge in [-0.2, -0.15) is 0 Å². The number of esters is 2. The first kappa shape index (κ1) is 33.7. The molecule has 1 aliphatic heterocycles. The van der Waals surface area contributed by atoms with Crippen molar-refractivity contribution in [1.29, 1.82) is 0 Å². The van der Waals surface area contributed by atoms with E-state index < -0.39 is 29.3 Å². The van der Waals surface area contributed by atoms with Gasteiger partial charge in [0.25, 0.3) is 0 Å². The minimum atomic E-state index is -1.72. The highest BCUT2D eigenvalue weighted by Gasteiger charge is 2.28. The third kappa shape index (κ3) is 11.2. The number of hydrogen-bond donors (Lipinski definition) is 1. The molecular weight excluding hydrogens is 725 g/mol. The summed E-state index contributed by atoms with van der Waals surface area (Å²) in [4.78, 5) is 44.9. The number of benzene rings is 4. The number of rotatable bonds is 3. The van der Waals surface area contributed by atoms with E-state index in [1.807, 2.05) is 30.3 Å². The molecule has 0 amide bonds. The monoisotopic (exact) mass is 740 g/mol. The number of ether oxygens (including phenoxy) is 1. The fraction of sp³-hybridized carbons (Fsp3) is 0. The van der Waals surface area contributed by atoms with Gasteiger partial charge in [-0.15, -0.1) is 0 Å². The summed E-state index contributed by atoms with van der Waals surface area (Å²) in [5, 5.41) is 9.05. The van der Waals surface area contributed by atoms with Crippen LogP contribution in [-0.4, -0.2) is 40.2 Å². The Morgan fingerprint density at radius 3 is 1.45 bits per heavy atom. The van der Waals surface area contributed by atoms with E-state index in [1.54, 1.807) is 60.7 Å². The summed E-state index contributed by atoms with van der Waals surface area (Å²) in [5.41, 5.74) is 1.40. The summed E-state index contributed by atoms with van der Waals surface area (Å²) < 4.78 is 6.35. The maximum Gasteiger partial charge on any atom is 0.643 e. The molecule has 0 saturated heterocycles. The molecule has 6 nitrogen and oxygen atoms in total. The summed E-state index contributed by atoms with van der Waals surface area (Å²) in [7, 11) is 14.8. The second-order valence-electron chi connectivity index (χ2n) is 7.45. The lowest BCUT2D eigenvalue weighted by Crippen LogP contribution is -2.09. The van der Waals surface area contributed by atoms with Gasteiger partial charge in [-0.3, -0.25) is 4.79 Å². The highest BCUT2D eigenvalue weighted by molar-refractivity contribution is 9.10. The molecule has 40 heavy (non-hydrogen) atoms. The van der Waals surface area contributed by atoms with Gasteiger partial charge in [0.15, 0.2) is 5.78 Å². The molecule has 0 bridgehead atoms. The third-order valence-corrected chi connectivity index (χ3v) is 5.85. The molecule has 0 aromatic heterocycles. The molecule has 0 radical (unpaired) electrons. The van der Waals surface area contributed by atoms with Crippen molar-refractivity contribution in [2.45, 2.75) is 0 Å². The summed E-state index contributed by atoms with van der Waals surface area (Å²) in [6.45, 7) is 0. The van der Waals surface area contributed by atoms with E-state index in [4.69, 9.17) is 35.3 Å². The number of carboxylic acids is 1.